The summed E-state index contributed by atoms with van der Waals surface area (Å²) in [6.45, 7) is 2.02. The van der Waals surface area contributed by atoms with Crippen molar-refractivity contribution in [1.82, 2.24) is 0 Å². The molecule has 0 spiro atoms. The number of amides is 1. The molecule has 1 aromatic heterocycles. The van der Waals surface area contributed by atoms with E-state index in [9.17, 15) is 9.59 Å². The van der Waals surface area contributed by atoms with E-state index in [2.05, 4.69) is 5.32 Å². The standard InChI is InChI=1S/C13H17NO3S/c1-2-13(6-3-4-7-13)12(17)14-9-5-8-18-10(9)11(15)16/h5,8H,2-4,6-7H2,1H3,(H,14,17)(H,15,16). The first-order valence-corrected chi connectivity index (χ1v) is 7.09. The van der Waals surface area contributed by atoms with Gasteiger partial charge in [0, 0.05) is 5.41 Å². The quantitative estimate of drug-likeness (QED) is 0.879. The molecular formula is C13H17NO3S. The fourth-order valence-corrected chi connectivity index (χ4v) is 3.31. The Balaban J connectivity index is 2.16. The van der Waals surface area contributed by atoms with E-state index in [4.69, 9.17) is 5.11 Å². The zero-order valence-corrected chi connectivity index (χ0v) is 11.2. The van der Waals surface area contributed by atoms with Crippen LogP contribution < -0.4 is 5.32 Å². The Morgan fingerprint density at radius 3 is 2.67 bits per heavy atom. The first-order chi connectivity index (χ1) is 8.59. The van der Waals surface area contributed by atoms with Gasteiger partial charge in [0.05, 0.1) is 5.69 Å². The number of hydrogen-bond donors (Lipinski definition) is 2. The molecule has 1 aliphatic carbocycles. The first-order valence-electron chi connectivity index (χ1n) is 6.21. The van der Waals surface area contributed by atoms with Crippen LogP contribution in [0.5, 0.6) is 0 Å². The summed E-state index contributed by atoms with van der Waals surface area (Å²) >= 11 is 1.13. The third kappa shape index (κ3) is 2.27. The topological polar surface area (TPSA) is 66.4 Å². The highest BCUT2D eigenvalue weighted by molar-refractivity contribution is 7.12. The zero-order valence-electron chi connectivity index (χ0n) is 10.4. The highest BCUT2D eigenvalue weighted by Crippen LogP contribution is 2.42. The molecule has 18 heavy (non-hydrogen) atoms. The van der Waals surface area contributed by atoms with E-state index in [1.807, 2.05) is 6.92 Å². The number of hydrogen-bond acceptors (Lipinski definition) is 3. The molecule has 0 saturated heterocycles. The number of carbonyl (C=O) groups is 2. The first kappa shape index (κ1) is 13.1. The van der Waals surface area contributed by atoms with Gasteiger partial charge in [-0.2, -0.15) is 0 Å². The minimum absolute atomic E-state index is 0.0246. The molecule has 2 rings (SSSR count). The van der Waals surface area contributed by atoms with E-state index in [1.54, 1.807) is 11.4 Å². The second kappa shape index (κ2) is 5.10. The summed E-state index contributed by atoms with van der Waals surface area (Å²) in [6.07, 6.45) is 4.78. The summed E-state index contributed by atoms with van der Waals surface area (Å²) in [7, 11) is 0. The summed E-state index contributed by atoms with van der Waals surface area (Å²) in [6, 6.07) is 1.66. The van der Waals surface area contributed by atoms with Crippen LogP contribution in [0.1, 0.15) is 48.7 Å². The Morgan fingerprint density at radius 1 is 1.44 bits per heavy atom. The number of rotatable bonds is 4. The second-order valence-electron chi connectivity index (χ2n) is 4.76. The van der Waals surface area contributed by atoms with Crippen molar-refractivity contribution in [2.45, 2.75) is 39.0 Å². The fourth-order valence-electron chi connectivity index (χ4n) is 2.62. The lowest BCUT2D eigenvalue weighted by atomic mass is 9.82. The number of nitrogens with one attached hydrogen (secondary N) is 1. The number of carboxylic acid groups (broad SMARTS) is 1. The molecule has 98 valence electrons. The van der Waals surface area contributed by atoms with E-state index in [1.165, 1.54) is 0 Å². The molecule has 0 aliphatic heterocycles. The Morgan fingerprint density at radius 2 is 2.11 bits per heavy atom. The van der Waals surface area contributed by atoms with Crippen LogP contribution in [0, 0.1) is 5.41 Å². The van der Waals surface area contributed by atoms with Crippen LogP contribution in [0.15, 0.2) is 11.4 Å². The van der Waals surface area contributed by atoms with Crippen molar-refractivity contribution in [2.75, 3.05) is 5.32 Å². The number of carboxylic acids is 1. The molecule has 0 atom stereocenters. The summed E-state index contributed by atoms with van der Waals surface area (Å²) < 4.78 is 0. The molecule has 4 nitrogen and oxygen atoms in total. The average Bonchev–Trinajstić information content (AvgIpc) is 2.97. The maximum Gasteiger partial charge on any atom is 0.348 e. The van der Waals surface area contributed by atoms with E-state index in [-0.39, 0.29) is 16.2 Å². The summed E-state index contributed by atoms with van der Waals surface area (Å²) in [4.78, 5) is 23.5. The molecule has 1 amide bonds. The van der Waals surface area contributed by atoms with Crippen LogP contribution in [0.25, 0.3) is 0 Å². The van der Waals surface area contributed by atoms with Crippen LogP contribution >= 0.6 is 11.3 Å². The molecule has 1 heterocycles. The van der Waals surface area contributed by atoms with Crippen LogP contribution in [0.2, 0.25) is 0 Å². The second-order valence-corrected chi connectivity index (χ2v) is 5.68. The largest absolute Gasteiger partial charge is 0.477 e. The van der Waals surface area contributed by atoms with Gasteiger partial charge in [-0.1, -0.05) is 19.8 Å². The molecule has 5 heteroatoms. The lowest BCUT2D eigenvalue weighted by Crippen LogP contribution is -2.33. The SMILES string of the molecule is CCC1(C(=O)Nc2ccsc2C(=O)O)CCCC1. The van der Waals surface area contributed by atoms with Crippen LogP contribution in [0.3, 0.4) is 0 Å². The van der Waals surface area contributed by atoms with Crippen LogP contribution in [-0.4, -0.2) is 17.0 Å². The Hall–Kier alpha value is -1.36. The van der Waals surface area contributed by atoms with E-state index < -0.39 is 5.97 Å². The Bertz CT molecular complexity index is 461. The fraction of sp³-hybridized carbons (Fsp3) is 0.538. The Kier molecular flexibility index (Phi) is 3.71. The molecule has 1 fully saturated rings. The van der Waals surface area contributed by atoms with Crippen molar-refractivity contribution in [3.63, 3.8) is 0 Å². The summed E-state index contributed by atoms with van der Waals surface area (Å²) in [5.74, 6) is -1.01. The minimum atomic E-state index is -0.989. The smallest absolute Gasteiger partial charge is 0.348 e. The molecule has 1 aliphatic rings. The van der Waals surface area contributed by atoms with E-state index >= 15 is 0 Å². The number of anilines is 1. The van der Waals surface area contributed by atoms with Gasteiger partial charge in [0.2, 0.25) is 5.91 Å². The van der Waals surface area contributed by atoms with Gasteiger partial charge in [0.25, 0.3) is 0 Å². The number of carbonyl (C=O) groups excluding carboxylic acids is 1. The number of thiophene rings is 1. The monoisotopic (exact) mass is 267 g/mol. The van der Waals surface area contributed by atoms with Gasteiger partial charge < -0.3 is 10.4 Å². The highest BCUT2D eigenvalue weighted by atomic mass is 32.1. The lowest BCUT2D eigenvalue weighted by molar-refractivity contribution is -0.125. The third-order valence-corrected chi connectivity index (χ3v) is 4.73. The van der Waals surface area contributed by atoms with Crippen molar-refractivity contribution in [3.8, 4) is 0 Å². The van der Waals surface area contributed by atoms with Gasteiger partial charge in [0.1, 0.15) is 4.88 Å². The lowest BCUT2D eigenvalue weighted by Gasteiger charge is -2.25. The predicted molar refractivity (Wildman–Crippen MR) is 71.1 cm³/mol. The molecule has 0 aromatic carbocycles. The van der Waals surface area contributed by atoms with Gasteiger partial charge in [-0.3, -0.25) is 4.79 Å². The molecule has 2 N–H and O–H groups in total. The van der Waals surface area contributed by atoms with Gasteiger partial charge in [-0.05, 0) is 30.7 Å². The van der Waals surface area contributed by atoms with Crippen molar-refractivity contribution >= 4 is 28.9 Å². The van der Waals surface area contributed by atoms with Gasteiger partial charge in [-0.25, -0.2) is 4.79 Å². The molecular weight excluding hydrogens is 250 g/mol. The van der Waals surface area contributed by atoms with Crippen LogP contribution in [0.4, 0.5) is 5.69 Å². The summed E-state index contributed by atoms with van der Waals surface area (Å²) in [5, 5.41) is 13.5. The van der Waals surface area contributed by atoms with Crippen molar-refractivity contribution < 1.29 is 14.7 Å². The van der Waals surface area contributed by atoms with Gasteiger partial charge in [0.15, 0.2) is 0 Å². The summed E-state index contributed by atoms with van der Waals surface area (Å²) in [5.41, 5.74) is 0.134. The minimum Gasteiger partial charge on any atom is -0.477 e. The maximum absolute atomic E-state index is 12.3. The van der Waals surface area contributed by atoms with Gasteiger partial charge in [-0.15, -0.1) is 11.3 Å². The van der Waals surface area contributed by atoms with Gasteiger partial charge >= 0.3 is 5.97 Å². The van der Waals surface area contributed by atoms with Crippen molar-refractivity contribution in [1.29, 1.82) is 0 Å². The molecule has 1 saturated carbocycles. The Labute approximate surface area is 110 Å². The molecule has 0 radical (unpaired) electrons. The zero-order chi connectivity index (χ0) is 13.2. The highest BCUT2D eigenvalue weighted by Gasteiger charge is 2.39. The van der Waals surface area contributed by atoms with Crippen molar-refractivity contribution in [2.24, 2.45) is 5.41 Å². The molecule has 1 aromatic rings. The van der Waals surface area contributed by atoms with E-state index in [0.717, 1.165) is 43.4 Å². The van der Waals surface area contributed by atoms with Crippen LogP contribution in [-0.2, 0) is 4.79 Å². The van der Waals surface area contributed by atoms with Crippen molar-refractivity contribution in [3.05, 3.63) is 16.3 Å². The molecule has 0 bridgehead atoms. The average molecular weight is 267 g/mol. The van der Waals surface area contributed by atoms with E-state index in [0.29, 0.717) is 5.69 Å². The predicted octanol–water partition coefficient (Wildman–Crippen LogP) is 3.36. The normalized spacial score (nSPS) is 17.6. The maximum atomic E-state index is 12.3. The third-order valence-electron chi connectivity index (χ3n) is 3.83. The number of aromatic carboxylic acids is 1. The molecule has 0 unspecified atom stereocenters.